The number of hydrogen-bond acceptors (Lipinski definition) is 8. The number of ether oxygens (including phenoxy) is 1. The van der Waals surface area contributed by atoms with Crippen LogP contribution in [0.1, 0.15) is 5.82 Å². The van der Waals surface area contributed by atoms with Crippen LogP contribution in [0.5, 0.6) is 0 Å². The van der Waals surface area contributed by atoms with Gasteiger partial charge in [0.05, 0.1) is 25.3 Å². The zero-order valence-corrected chi connectivity index (χ0v) is 18.5. The molecule has 1 saturated heterocycles. The van der Waals surface area contributed by atoms with Crippen LogP contribution in [0, 0.1) is 11.6 Å². The number of hydrogen-bond donors (Lipinski definition) is 3. The molecule has 0 bridgehead atoms. The lowest BCUT2D eigenvalue weighted by Gasteiger charge is -2.27. The molecule has 6 rings (SSSR count). The highest BCUT2D eigenvalue weighted by molar-refractivity contribution is 5.85. The Balaban J connectivity index is 1.39. The van der Waals surface area contributed by atoms with Crippen LogP contribution in [0.25, 0.3) is 27.9 Å². The van der Waals surface area contributed by atoms with Crippen LogP contribution >= 0.6 is 0 Å². The number of imidazole rings is 2. The molecule has 0 atom stereocenters. The van der Waals surface area contributed by atoms with Gasteiger partial charge in [-0.15, -0.1) is 0 Å². The number of nitrogens with zero attached hydrogens (tertiary/aromatic N) is 6. The first-order valence-electron chi connectivity index (χ1n) is 11.1. The number of benzene rings is 2. The number of nitrogens with two attached hydrogens (primary N) is 1. The summed E-state index contributed by atoms with van der Waals surface area (Å²) < 4.78 is 35.0. The first-order chi connectivity index (χ1) is 17.1. The summed E-state index contributed by atoms with van der Waals surface area (Å²) in [6.07, 6.45) is 1.68. The van der Waals surface area contributed by atoms with Gasteiger partial charge in [-0.3, -0.25) is 4.57 Å². The summed E-state index contributed by atoms with van der Waals surface area (Å²) in [5.41, 5.74) is 8.91. The number of anilines is 3. The smallest absolute Gasteiger partial charge is 0.229 e. The highest BCUT2D eigenvalue weighted by atomic mass is 19.2. The van der Waals surface area contributed by atoms with Crippen LogP contribution in [-0.4, -0.2) is 55.8 Å². The molecular formula is C23H21F2N9O. The van der Waals surface area contributed by atoms with Gasteiger partial charge in [0.2, 0.25) is 5.95 Å². The van der Waals surface area contributed by atoms with Crippen molar-refractivity contribution < 1.29 is 13.5 Å². The Hall–Kier alpha value is -4.32. The molecule has 35 heavy (non-hydrogen) atoms. The number of aromatic nitrogens is 6. The van der Waals surface area contributed by atoms with Crippen LogP contribution < -0.4 is 16.0 Å². The molecule has 0 unspecified atom stereocenters. The van der Waals surface area contributed by atoms with E-state index in [1.165, 1.54) is 6.07 Å². The normalized spacial score (nSPS) is 14.2. The van der Waals surface area contributed by atoms with Crippen molar-refractivity contribution in [2.75, 3.05) is 42.3 Å². The van der Waals surface area contributed by atoms with E-state index in [1.807, 2.05) is 33.7 Å². The fourth-order valence-corrected chi connectivity index (χ4v) is 4.06. The molecule has 0 amide bonds. The monoisotopic (exact) mass is 477 g/mol. The Morgan fingerprint density at radius 1 is 1.00 bits per heavy atom. The van der Waals surface area contributed by atoms with Crippen LogP contribution in [0.15, 0.2) is 42.7 Å². The minimum atomic E-state index is -0.980. The number of H-pyrrole nitrogens is 1. The molecule has 1 aliphatic rings. The number of nitrogens with one attached hydrogen (secondary N) is 2. The first-order valence-corrected chi connectivity index (χ1v) is 11.1. The summed E-state index contributed by atoms with van der Waals surface area (Å²) in [5.74, 6) is -0.450. The topological polar surface area (TPSA) is 123 Å². The molecule has 10 nitrogen and oxygen atoms in total. The third-order valence-electron chi connectivity index (χ3n) is 5.87. The second-order valence-corrected chi connectivity index (χ2v) is 8.14. The second kappa shape index (κ2) is 8.47. The number of halogens is 2. The molecule has 12 heteroatoms. The van der Waals surface area contributed by atoms with Crippen LogP contribution in [0.3, 0.4) is 0 Å². The molecule has 1 fully saturated rings. The highest BCUT2D eigenvalue weighted by Gasteiger charge is 2.20. The minimum Gasteiger partial charge on any atom is -0.399 e. The van der Waals surface area contributed by atoms with Crippen molar-refractivity contribution in [3.05, 3.63) is 60.2 Å². The lowest BCUT2D eigenvalue weighted by Crippen LogP contribution is -2.37. The van der Waals surface area contributed by atoms with Gasteiger partial charge in [0.25, 0.3) is 0 Å². The molecule has 4 N–H and O–H groups in total. The summed E-state index contributed by atoms with van der Waals surface area (Å²) in [6.45, 7) is 2.69. The van der Waals surface area contributed by atoms with Gasteiger partial charge in [-0.2, -0.15) is 9.97 Å². The summed E-state index contributed by atoms with van der Waals surface area (Å²) in [5, 5.41) is 3.24. The summed E-state index contributed by atoms with van der Waals surface area (Å²) >= 11 is 0. The van der Waals surface area contributed by atoms with Gasteiger partial charge in [0, 0.05) is 24.5 Å². The molecule has 5 aromatic rings. The number of nitrogen functional groups attached to an aromatic ring is 1. The Morgan fingerprint density at radius 3 is 2.60 bits per heavy atom. The maximum absolute atomic E-state index is 14.1. The number of morpholine rings is 1. The van der Waals surface area contributed by atoms with Gasteiger partial charge in [-0.25, -0.2) is 18.7 Å². The van der Waals surface area contributed by atoms with Crippen LogP contribution in [0.4, 0.5) is 26.2 Å². The zero-order chi connectivity index (χ0) is 23.9. The Bertz CT molecular complexity index is 1520. The van der Waals surface area contributed by atoms with E-state index in [9.17, 15) is 8.78 Å². The van der Waals surface area contributed by atoms with Gasteiger partial charge in [0.15, 0.2) is 28.6 Å². The molecule has 0 saturated carbocycles. The predicted octanol–water partition coefficient (Wildman–Crippen LogP) is 3.00. The van der Waals surface area contributed by atoms with Crippen LogP contribution in [0.2, 0.25) is 0 Å². The number of aromatic amines is 1. The summed E-state index contributed by atoms with van der Waals surface area (Å²) in [7, 11) is 0. The number of rotatable bonds is 5. The number of fused-ring (bicyclic) bond motifs is 2. The van der Waals surface area contributed by atoms with Gasteiger partial charge in [0.1, 0.15) is 17.7 Å². The largest absolute Gasteiger partial charge is 0.399 e. The van der Waals surface area contributed by atoms with Crippen molar-refractivity contribution >= 4 is 39.7 Å². The van der Waals surface area contributed by atoms with E-state index in [-0.39, 0.29) is 12.1 Å². The molecule has 0 aliphatic carbocycles. The van der Waals surface area contributed by atoms with Crippen molar-refractivity contribution in [3.63, 3.8) is 0 Å². The molecule has 1 aliphatic heterocycles. The molecule has 0 radical (unpaired) electrons. The Kier molecular flexibility index (Phi) is 5.14. The fourth-order valence-electron chi connectivity index (χ4n) is 4.06. The van der Waals surface area contributed by atoms with E-state index in [1.54, 1.807) is 6.33 Å². The van der Waals surface area contributed by atoms with E-state index < -0.39 is 11.6 Å². The van der Waals surface area contributed by atoms with E-state index >= 15 is 0 Å². The van der Waals surface area contributed by atoms with E-state index in [2.05, 4.69) is 20.3 Å². The maximum Gasteiger partial charge on any atom is 0.229 e. The van der Waals surface area contributed by atoms with Crippen molar-refractivity contribution in [2.45, 2.75) is 6.54 Å². The lowest BCUT2D eigenvalue weighted by molar-refractivity contribution is 0.122. The standard InChI is InChI=1S/C23H21F2N9O/c24-15-5-6-16-19(18(15)25)30-17(29-16)11-27-21-20-22(32-23(31-21)33-7-9-35-10-8-33)34(12-28-20)14-3-1-13(26)2-4-14/h1-6,12H,7-11,26H2,(H,29,30)(H,27,31,32). The second-order valence-electron chi connectivity index (χ2n) is 8.14. The van der Waals surface area contributed by atoms with Gasteiger partial charge in [-0.1, -0.05) is 0 Å². The molecule has 2 aromatic carbocycles. The highest BCUT2D eigenvalue weighted by Crippen LogP contribution is 2.26. The summed E-state index contributed by atoms with van der Waals surface area (Å²) in [6, 6.07) is 9.93. The zero-order valence-electron chi connectivity index (χ0n) is 18.5. The average molecular weight is 477 g/mol. The minimum absolute atomic E-state index is 0.0451. The van der Waals surface area contributed by atoms with Gasteiger partial charge in [-0.05, 0) is 36.4 Å². The third kappa shape index (κ3) is 3.87. The van der Waals surface area contributed by atoms with Crippen molar-refractivity contribution in [1.82, 2.24) is 29.5 Å². The molecule has 0 spiro atoms. The Labute approximate surface area is 197 Å². The predicted molar refractivity (Wildman–Crippen MR) is 127 cm³/mol. The summed E-state index contributed by atoms with van der Waals surface area (Å²) in [4.78, 5) is 23.3. The fraction of sp³-hybridized carbons (Fsp3) is 0.217. The third-order valence-corrected chi connectivity index (χ3v) is 5.87. The van der Waals surface area contributed by atoms with E-state index in [4.69, 9.17) is 20.4 Å². The molecular weight excluding hydrogens is 456 g/mol. The van der Waals surface area contributed by atoms with Gasteiger partial charge >= 0.3 is 0 Å². The van der Waals surface area contributed by atoms with Crippen molar-refractivity contribution in [1.29, 1.82) is 0 Å². The quantitative estimate of drug-likeness (QED) is 0.330. The Morgan fingerprint density at radius 2 is 1.80 bits per heavy atom. The SMILES string of the molecule is Nc1ccc(-n2cnc3c(NCc4nc5c(F)c(F)ccc5[nH]4)nc(N4CCOCC4)nc32)cc1. The lowest BCUT2D eigenvalue weighted by atomic mass is 10.3. The molecule has 3 aromatic heterocycles. The van der Waals surface area contributed by atoms with E-state index in [0.29, 0.717) is 66.3 Å². The van der Waals surface area contributed by atoms with Crippen molar-refractivity contribution in [3.8, 4) is 5.69 Å². The molecule has 178 valence electrons. The first kappa shape index (κ1) is 21.2. The van der Waals surface area contributed by atoms with Gasteiger partial charge < -0.3 is 25.7 Å². The maximum atomic E-state index is 14.1. The van der Waals surface area contributed by atoms with Crippen LogP contribution in [-0.2, 0) is 11.3 Å². The average Bonchev–Trinajstić information content (AvgIpc) is 3.51. The van der Waals surface area contributed by atoms with E-state index in [0.717, 1.165) is 11.8 Å². The molecule has 4 heterocycles. The van der Waals surface area contributed by atoms with Crippen molar-refractivity contribution in [2.24, 2.45) is 0 Å².